The molecule has 0 aliphatic heterocycles. The molecule has 3 rings (SSSR count). The van der Waals surface area contributed by atoms with Crippen molar-refractivity contribution in [1.29, 1.82) is 0 Å². The summed E-state index contributed by atoms with van der Waals surface area (Å²) in [5.41, 5.74) is 2.04. The number of hydrogen-bond donors (Lipinski definition) is 2. The molecular weight excluding hydrogens is 393 g/mol. The molecule has 8 heteroatoms. The zero-order valence-electron chi connectivity index (χ0n) is 16.8. The third-order valence-electron chi connectivity index (χ3n) is 4.98. The third-order valence-corrected chi connectivity index (χ3v) is 4.98. The van der Waals surface area contributed by atoms with E-state index in [1.165, 1.54) is 18.2 Å². The number of amides is 1. The van der Waals surface area contributed by atoms with Gasteiger partial charge in [0.1, 0.15) is 23.1 Å². The van der Waals surface area contributed by atoms with Gasteiger partial charge in [0.25, 0.3) is 0 Å². The van der Waals surface area contributed by atoms with Crippen molar-refractivity contribution in [1.82, 2.24) is 15.1 Å². The number of likely N-dealkylation sites (N-methyl/N-ethyl adjacent to an activating group) is 1. The lowest BCUT2D eigenvalue weighted by molar-refractivity contribution is -0.120. The number of para-hydroxylation sites is 1. The van der Waals surface area contributed by atoms with Crippen molar-refractivity contribution in [2.45, 2.75) is 25.8 Å². The van der Waals surface area contributed by atoms with E-state index < -0.39 is 29.3 Å². The van der Waals surface area contributed by atoms with Gasteiger partial charge in [-0.2, -0.15) is 5.10 Å². The molecule has 0 saturated heterocycles. The van der Waals surface area contributed by atoms with Crippen molar-refractivity contribution in [3.63, 3.8) is 0 Å². The average Bonchev–Trinajstić information content (AvgIpc) is 3.19. The highest BCUT2D eigenvalue weighted by molar-refractivity contribution is 5.94. The molecule has 1 atom stereocenters. The van der Waals surface area contributed by atoms with Gasteiger partial charge >= 0.3 is 0 Å². The first-order chi connectivity index (χ1) is 14.3. The third kappa shape index (κ3) is 5.27. The summed E-state index contributed by atoms with van der Waals surface area (Å²) in [6.07, 6.45) is 1.45. The van der Waals surface area contributed by atoms with Crippen molar-refractivity contribution < 1.29 is 18.0 Å². The van der Waals surface area contributed by atoms with Gasteiger partial charge in [0.2, 0.25) is 5.91 Å². The van der Waals surface area contributed by atoms with E-state index in [0.717, 1.165) is 35.5 Å². The van der Waals surface area contributed by atoms with Crippen molar-refractivity contribution >= 4 is 11.6 Å². The zero-order chi connectivity index (χ0) is 21.7. The Bertz CT molecular complexity index is 984. The smallest absolute Gasteiger partial charge is 0.241 e. The normalized spacial score (nSPS) is 12.2. The molecule has 0 fully saturated rings. The summed E-state index contributed by atoms with van der Waals surface area (Å²) in [6.45, 7) is 2.27. The number of aryl methyl sites for hydroxylation is 1. The first-order valence-electron chi connectivity index (χ1n) is 9.60. The Hall–Kier alpha value is -3.13. The Balaban J connectivity index is 1.50. The maximum absolute atomic E-state index is 13.7. The number of anilines is 1. The summed E-state index contributed by atoms with van der Waals surface area (Å²) in [6, 6.07) is 10.9. The van der Waals surface area contributed by atoms with Gasteiger partial charge in [-0.3, -0.25) is 14.8 Å². The van der Waals surface area contributed by atoms with Crippen LogP contribution in [0, 0.1) is 17.5 Å². The first-order valence-corrected chi connectivity index (χ1v) is 9.60. The number of rotatable bonds is 8. The van der Waals surface area contributed by atoms with Gasteiger partial charge < -0.3 is 5.32 Å². The number of H-pyrrole nitrogens is 1. The fraction of sp³-hybridized carbons (Fsp3) is 0.273. The van der Waals surface area contributed by atoms with Crippen LogP contribution in [-0.4, -0.2) is 40.6 Å². The molecule has 0 aliphatic carbocycles. The number of halogens is 3. The van der Waals surface area contributed by atoms with Crippen LogP contribution in [0.1, 0.15) is 19.0 Å². The van der Waals surface area contributed by atoms with Gasteiger partial charge in [-0.25, -0.2) is 13.2 Å². The molecule has 30 heavy (non-hydrogen) atoms. The summed E-state index contributed by atoms with van der Waals surface area (Å²) in [5.74, 6) is -2.40. The maximum Gasteiger partial charge on any atom is 0.241 e. The monoisotopic (exact) mass is 416 g/mol. The second kappa shape index (κ2) is 9.58. The number of carbonyl (C=O) groups excluding carboxylic acids is 1. The van der Waals surface area contributed by atoms with Crippen LogP contribution in [-0.2, 0) is 11.2 Å². The number of hydrogen-bond acceptors (Lipinski definition) is 3. The number of aromatic nitrogens is 2. The van der Waals surface area contributed by atoms with E-state index in [1.807, 2.05) is 11.0 Å². The highest BCUT2D eigenvalue weighted by Crippen LogP contribution is 2.20. The largest absolute Gasteiger partial charge is 0.320 e. The molecule has 1 amide bonds. The molecule has 1 heterocycles. The lowest BCUT2D eigenvalue weighted by Crippen LogP contribution is -2.40. The standard InChI is InChI=1S/C22H23F3N4O/c1-14(22(30)26-21-18(24)6-3-7-19(21)25)29(2)12-4-5-17-13-20(28-27-17)15-8-10-16(23)11-9-15/h3,6-11,13-14H,4-5,12H2,1-2H3,(H,26,30)(H,27,28). The van der Waals surface area contributed by atoms with E-state index in [2.05, 4.69) is 15.5 Å². The van der Waals surface area contributed by atoms with Crippen LogP contribution >= 0.6 is 0 Å². The molecular formula is C22H23F3N4O. The SMILES string of the molecule is CC(C(=O)Nc1c(F)cccc1F)N(C)CCCc1cc(-c2ccc(F)cc2)n[nH]1. The molecule has 0 saturated carbocycles. The fourth-order valence-corrected chi connectivity index (χ4v) is 3.02. The van der Waals surface area contributed by atoms with E-state index in [0.29, 0.717) is 13.0 Å². The van der Waals surface area contributed by atoms with E-state index >= 15 is 0 Å². The zero-order valence-corrected chi connectivity index (χ0v) is 16.8. The van der Waals surface area contributed by atoms with Crippen LogP contribution in [0.3, 0.4) is 0 Å². The molecule has 0 radical (unpaired) electrons. The molecule has 0 bridgehead atoms. The van der Waals surface area contributed by atoms with Gasteiger partial charge in [0, 0.05) is 11.3 Å². The Morgan fingerprint density at radius 1 is 1.13 bits per heavy atom. The molecule has 0 spiro atoms. The molecule has 158 valence electrons. The fourth-order valence-electron chi connectivity index (χ4n) is 3.02. The molecule has 5 nitrogen and oxygen atoms in total. The van der Waals surface area contributed by atoms with Gasteiger partial charge in [-0.05, 0) is 75.8 Å². The lowest BCUT2D eigenvalue weighted by atomic mass is 10.1. The number of nitrogens with one attached hydrogen (secondary N) is 2. The molecule has 3 aromatic rings. The topological polar surface area (TPSA) is 61.0 Å². The van der Waals surface area contributed by atoms with Gasteiger partial charge in [0.05, 0.1) is 11.7 Å². The molecule has 1 unspecified atom stereocenters. The lowest BCUT2D eigenvalue weighted by Gasteiger charge is -2.23. The summed E-state index contributed by atoms with van der Waals surface area (Å²) >= 11 is 0. The number of aromatic amines is 1. The molecule has 1 aromatic heterocycles. The van der Waals surface area contributed by atoms with Gasteiger partial charge in [-0.1, -0.05) is 6.07 Å². The maximum atomic E-state index is 13.7. The number of carbonyl (C=O) groups is 1. The predicted molar refractivity (Wildman–Crippen MR) is 109 cm³/mol. The van der Waals surface area contributed by atoms with Crippen LogP contribution in [0.5, 0.6) is 0 Å². The minimum Gasteiger partial charge on any atom is -0.320 e. The minimum atomic E-state index is -0.811. The van der Waals surface area contributed by atoms with E-state index in [4.69, 9.17) is 0 Å². The highest BCUT2D eigenvalue weighted by Gasteiger charge is 2.20. The van der Waals surface area contributed by atoms with Crippen LogP contribution in [0.15, 0.2) is 48.5 Å². The molecule has 2 N–H and O–H groups in total. The van der Waals surface area contributed by atoms with Crippen LogP contribution < -0.4 is 5.32 Å². The van der Waals surface area contributed by atoms with Crippen LogP contribution in [0.25, 0.3) is 11.3 Å². The molecule has 0 aliphatic rings. The summed E-state index contributed by atoms with van der Waals surface area (Å²) in [5, 5.41) is 9.53. The van der Waals surface area contributed by atoms with E-state index in [9.17, 15) is 18.0 Å². The van der Waals surface area contributed by atoms with E-state index in [1.54, 1.807) is 26.1 Å². The Morgan fingerprint density at radius 2 is 1.80 bits per heavy atom. The summed E-state index contributed by atoms with van der Waals surface area (Å²) < 4.78 is 40.5. The van der Waals surface area contributed by atoms with Crippen LogP contribution in [0.2, 0.25) is 0 Å². The van der Waals surface area contributed by atoms with Crippen molar-refractivity contribution in [2.24, 2.45) is 0 Å². The summed E-state index contributed by atoms with van der Waals surface area (Å²) in [4.78, 5) is 14.2. The summed E-state index contributed by atoms with van der Waals surface area (Å²) in [7, 11) is 1.78. The van der Waals surface area contributed by atoms with Crippen molar-refractivity contribution in [3.8, 4) is 11.3 Å². The van der Waals surface area contributed by atoms with Crippen LogP contribution in [0.4, 0.5) is 18.9 Å². The van der Waals surface area contributed by atoms with Gasteiger partial charge in [0.15, 0.2) is 0 Å². The first kappa shape index (κ1) is 21.6. The Labute approximate surface area is 172 Å². The minimum absolute atomic E-state index is 0.298. The van der Waals surface area contributed by atoms with E-state index in [-0.39, 0.29) is 5.82 Å². The Kier molecular flexibility index (Phi) is 6.89. The quantitative estimate of drug-likeness (QED) is 0.573. The Morgan fingerprint density at radius 3 is 2.47 bits per heavy atom. The second-order valence-corrected chi connectivity index (χ2v) is 7.13. The van der Waals surface area contributed by atoms with Gasteiger partial charge in [-0.15, -0.1) is 0 Å². The number of benzene rings is 2. The predicted octanol–water partition coefficient (Wildman–Crippen LogP) is 4.39. The molecule has 2 aromatic carbocycles. The average molecular weight is 416 g/mol. The highest BCUT2D eigenvalue weighted by atomic mass is 19.1. The van der Waals surface area contributed by atoms with Crippen molar-refractivity contribution in [3.05, 3.63) is 71.7 Å². The second-order valence-electron chi connectivity index (χ2n) is 7.13. The van der Waals surface area contributed by atoms with Crippen molar-refractivity contribution in [2.75, 3.05) is 18.9 Å². The number of nitrogens with zero attached hydrogens (tertiary/aromatic N) is 2.